The molecular weight excluding hydrogens is 544 g/mol. The van der Waals surface area contributed by atoms with Gasteiger partial charge in [0.2, 0.25) is 21.8 Å². The molecule has 0 saturated heterocycles. The Labute approximate surface area is 220 Å². The summed E-state index contributed by atoms with van der Waals surface area (Å²) in [6.45, 7) is 3.31. The highest BCUT2D eigenvalue weighted by Crippen LogP contribution is 2.29. The van der Waals surface area contributed by atoms with Crippen molar-refractivity contribution in [3.63, 3.8) is 0 Å². The van der Waals surface area contributed by atoms with Gasteiger partial charge in [-0.15, -0.1) is 0 Å². The third-order valence-corrected chi connectivity index (χ3v) is 7.41. The van der Waals surface area contributed by atoms with Gasteiger partial charge in [-0.1, -0.05) is 59.4 Å². The summed E-state index contributed by atoms with van der Waals surface area (Å²) in [5, 5.41) is 3.87. The van der Waals surface area contributed by atoms with Gasteiger partial charge in [0.05, 0.1) is 22.0 Å². The molecule has 0 aliphatic rings. The molecule has 0 heterocycles. The van der Waals surface area contributed by atoms with Crippen molar-refractivity contribution in [3.05, 3.63) is 62.1 Å². The molecule has 12 heteroatoms. The lowest BCUT2D eigenvalue weighted by Gasteiger charge is -2.31. The van der Waals surface area contributed by atoms with Gasteiger partial charge in [-0.2, -0.15) is 0 Å². The summed E-state index contributed by atoms with van der Waals surface area (Å²) in [7, 11) is -3.88. The van der Waals surface area contributed by atoms with E-state index in [2.05, 4.69) is 5.32 Å². The maximum absolute atomic E-state index is 13.4. The van der Waals surface area contributed by atoms with Crippen molar-refractivity contribution in [2.45, 2.75) is 32.9 Å². The SMILES string of the molecule is CCCNC(=O)C(C)N(Cc1ccc(Cl)cc1Cl)C(=O)CN(c1ccc(Cl)c(Cl)c1)S(C)(=O)=O. The maximum atomic E-state index is 13.4. The number of hydrogen-bond acceptors (Lipinski definition) is 4. The van der Waals surface area contributed by atoms with E-state index in [0.717, 1.165) is 10.6 Å². The van der Waals surface area contributed by atoms with Crippen LogP contribution in [0.2, 0.25) is 20.1 Å². The molecule has 186 valence electrons. The number of anilines is 1. The van der Waals surface area contributed by atoms with E-state index < -0.39 is 28.5 Å². The number of benzene rings is 2. The molecule has 2 aromatic rings. The van der Waals surface area contributed by atoms with Gasteiger partial charge in [0.15, 0.2) is 0 Å². The van der Waals surface area contributed by atoms with Crippen molar-refractivity contribution < 1.29 is 18.0 Å². The smallest absolute Gasteiger partial charge is 0.244 e. The summed E-state index contributed by atoms with van der Waals surface area (Å²) in [6.07, 6.45) is 1.69. The van der Waals surface area contributed by atoms with Gasteiger partial charge in [0.1, 0.15) is 12.6 Å². The van der Waals surface area contributed by atoms with Crippen LogP contribution in [0.1, 0.15) is 25.8 Å². The first-order valence-electron chi connectivity index (χ1n) is 10.3. The van der Waals surface area contributed by atoms with Gasteiger partial charge in [0, 0.05) is 23.1 Å². The Morgan fingerprint density at radius 2 is 1.68 bits per heavy atom. The van der Waals surface area contributed by atoms with Crippen LogP contribution in [-0.4, -0.2) is 50.5 Å². The van der Waals surface area contributed by atoms with Crippen LogP contribution < -0.4 is 9.62 Å². The first-order valence-corrected chi connectivity index (χ1v) is 13.6. The number of carbonyl (C=O) groups excluding carboxylic acids is 2. The number of sulfonamides is 1. The van der Waals surface area contributed by atoms with E-state index in [1.165, 1.54) is 29.2 Å². The average Bonchev–Trinajstić information content (AvgIpc) is 2.75. The Hall–Kier alpha value is -1.71. The van der Waals surface area contributed by atoms with E-state index in [1.54, 1.807) is 19.1 Å². The van der Waals surface area contributed by atoms with E-state index in [4.69, 9.17) is 46.4 Å². The minimum absolute atomic E-state index is 0.0332. The summed E-state index contributed by atoms with van der Waals surface area (Å²) in [5.41, 5.74) is 0.716. The molecule has 0 spiro atoms. The fraction of sp³-hybridized carbons (Fsp3) is 0.364. The second-order valence-electron chi connectivity index (χ2n) is 7.59. The zero-order valence-corrected chi connectivity index (χ0v) is 22.7. The second kappa shape index (κ2) is 12.3. The summed E-state index contributed by atoms with van der Waals surface area (Å²) in [5.74, 6) is -0.984. The molecule has 1 unspecified atom stereocenters. The molecule has 0 bridgehead atoms. The highest BCUT2D eigenvalue weighted by molar-refractivity contribution is 7.92. The van der Waals surface area contributed by atoms with Gasteiger partial charge in [-0.05, 0) is 49.2 Å². The Bertz CT molecular complexity index is 1160. The number of halogens is 4. The summed E-state index contributed by atoms with van der Waals surface area (Å²) >= 11 is 24.3. The summed E-state index contributed by atoms with van der Waals surface area (Å²) in [6, 6.07) is 8.13. The highest BCUT2D eigenvalue weighted by atomic mass is 35.5. The number of nitrogens with zero attached hydrogens (tertiary/aromatic N) is 2. The fourth-order valence-corrected chi connectivity index (χ4v) is 4.67. The summed E-state index contributed by atoms with van der Waals surface area (Å²) in [4.78, 5) is 27.4. The second-order valence-corrected chi connectivity index (χ2v) is 11.2. The highest BCUT2D eigenvalue weighted by Gasteiger charge is 2.30. The van der Waals surface area contributed by atoms with Crippen LogP contribution in [0.25, 0.3) is 0 Å². The molecule has 0 aliphatic carbocycles. The number of amides is 2. The molecule has 2 aromatic carbocycles. The molecule has 0 radical (unpaired) electrons. The minimum Gasteiger partial charge on any atom is -0.354 e. The lowest BCUT2D eigenvalue weighted by atomic mass is 10.1. The average molecular weight is 569 g/mol. The van der Waals surface area contributed by atoms with Crippen molar-refractivity contribution >= 4 is 73.9 Å². The monoisotopic (exact) mass is 567 g/mol. The molecular formula is C22H25Cl4N3O4S. The normalized spacial score (nSPS) is 12.2. The van der Waals surface area contributed by atoms with Crippen molar-refractivity contribution in [1.29, 1.82) is 0 Å². The van der Waals surface area contributed by atoms with E-state index in [9.17, 15) is 18.0 Å². The molecule has 0 aromatic heterocycles. The van der Waals surface area contributed by atoms with Crippen molar-refractivity contribution in [3.8, 4) is 0 Å². The van der Waals surface area contributed by atoms with Crippen LogP contribution in [0.15, 0.2) is 36.4 Å². The Morgan fingerprint density at radius 1 is 1.00 bits per heavy atom. The van der Waals surface area contributed by atoms with Gasteiger partial charge in [0.25, 0.3) is 0 Å². The van der Waals surface area contributed by atoms with Crippen LogP contribution in [0.3, 0.4) is 0 Å². The molecule has 2 rings (SSSR count). The van der Waals surface area contributed by atoms with Crippen molar-refractivity contribution in [2.75, 3.05) is 23.7 Å². The lowest BCUT2D eigenvalue weighted by molar-refractivity contribution is -0.139. The predicted octanol–water partition coefficient (Wildman–Crippen LogP) is 5.01. The molecule has 0 fully saturated rings. The van der Waals surface area contributed by atoms with Crippen LogP contribution in [0.4, 0.5) is 5.69 Å². The van der Waals surface area contributed by atoms with Crippen molar-refractivity contribution in [1.82, 2.24) is 10.2 Å². The van der Waals surface area contributed by atoms with Gasteiger partial charge in [-0.3, -0.25) is 13.9 Å². The Kier molecular flexibility index (Phi) is 10.3. The molecule has 34 heavy (non-hydrogen) atoms. The van der Waals surface area contributed by atoms with E-state index in [1.807, 2.05) is 6.92 Å². The van der Waals surface area contributed by atoms with E-state index in [-0.39, 0.29) is 28.2 Å². The predicted molar refractivity (Wildman–Crippen MR) is 138 cm³/mol. The standard InChI is InChI=1S/C22H25Cl4N3O4S/c1-4-9-27-22(31)14(2)28(12-15-5-6-16(23)10-19(15)25)21(30)13-29(34(3,32)33)17-7-8-18(24)20(26)11-17/h5-8,10-11,14H,4,9,12-13H2,1-3H3,(H,27,31). The zero-order chi connectivity index (χ0) is 25.6. The Morgan fingerprint density at radius 3 is 2.24 bits per heavy atom. The third kappa shape index (κ3) is 7.65. The first-order chi connectivity index (χ1) is 15.8. The van der Waals surface area contributed by atoms with E-state index >= 15 is 0 Å². The third-order valence-electron chi connectivity index (χ3n) is 4.94. The quantitative estimate of drug-likeness (QED) is 0.436. The van der Waals surface area contributed by atoms with Crippen molar-refractivity contribution in [2.24, 2.45) is 0 Å². The number of rotatable bonds is 10. The molecule has 7 nitrogen and oxygen atoms in total. The van der Waals surface area contributed by atoms with Gasteiger partial charge < -0.3 is 10.2 Å². The number of nitrogens with one attached hydrogen (secondary N) is 1. The first kappa shape index (κ1) is 28.5. The molecule has 0 saturated carbocycles. The van der Waals surface area contributed by atoms with E-state index in [0.29, 0.717) is 28.6 Å². The van der Waals surface area contributed by atoms with Crippen LogP contribution in [0.5, 0.6) is 0 Å². The zero-order valence-electron chi connectivity index (χ0n) is 18.8. The topological polar surface area (TPSA) is 86.8 Å². The maximum Gasteiger partial charge on any atom is 0.244 e. The van der Waals surface area contributed by atoms with Gasteiger partial charge in [-0.25, -0.2) is 8.42 Å². The van der Waals surface area contributed by atoms with Crippen LogP contribution in [0, 0.1) is 0 Å². The van der Waals surface area contributed by atoms with Crippen LogP contribution in [-0.2, 0) is 26.2 Å². The molecule has 0 aliphatic heterocycles. The van der Waals surface area contributed by atoms with Crippen LogP contribution >= 0.6 is 46.4 Å². The largest absolute Gasteiger partial charge is 0.354 e. The fourth-order valence-electron chi connectivity index (χ4n) is 3.07. The number of hydrogen-bond donors (Lipinski definition) is 1. The molecule has 2 amide bonds. The number of carbonyl (C=O) groups is 2. The lowest BCUT2D eigenvalue weighted by Crippen LogP contribution is -2.51. The minimum atomic E-state index is -3.88. The molecule has 1 atom stereocenters. The summed E-state index contributed by atoms with van der Waals surface area (Å²) < 4.78 is 26.0. The Balaban J connectivity index is 2.42. The molecule has 1 N–H and O–H groups in total. The van der Waals surface area contributed by atoms with Gasteiger partial charge >= 0.3 is 0 Å².